The number of carboxylic acids is 1. The van der Waals surface area contributed by atoms with Gasteiger partial charge in [-0.2, -0.15) is 4.98 Å². The van der Waals surface area contributed by atoms with E-state index in [2.05, 4.69) is 10.1 Å². The summed E-state index contributed by atoms with van der Waals surface area (Å²) in [5.74, 6) is 0.300. The second-order valence-electron chi connectivity index (χ2n) is 5.25. The molecule has 0 unspecified atom stereocenters. The van der Waals surface area contributed by atoms with Gasteiger partial charge in [0.1, 0.15) is 0 Å². The number of nitrogens with zero attached hydrogens (tertiary/aromatic N) is 2. The van der Waals surface area contributed by atoms with Crippen molar-refractivity contribution in [3.8, 4) is 0 Å². The van der Waals surface area contributed by atoms with Crippen molar-refractivity contribution < 1.29 is 14.4 Å². The largest absolute Gasteiger partial charge is 0.481 e. The van der Waals surface area contributed by atoms with Crippen LogP contribution in [0.1, 0.15) is 44.0 Å². The molecule has 0 radical (unpaired) electrons. The number of carboxylic acid groups (broad SMARTS) is 1. The topological polar surface area (TPSA) is 76.2 Å². The lowest BCUT2D eigenvalue weighted by Gasteiger charge is -2.20. The molecule has 0 amide bonds. The third-order valence-electron chi connectivity index (χ3n) is 3.30. The minimum absolute atomic E-state index is 0.111. The molecule has 0 atom stereocenters. The van der Waals surface area contributed by atoms with Crippen LogP contribution < -0.4 is 0 Å². The van der Waals surface area contributed by atoms with Gasteiger partial charge in [0.2, 0.25) is 5.89 Å². The molecule has 0 saturated carbocycles. The number of rotatable bonds is 6. The summed E-state index contributed by atoms with van der Waals surface area (Å²) < 4.78 is 5.20. The van der Waals surface area contributed by atoms with Crippen molar-refractivity contribution in [2.45, 2.75) is 38.5 Å². The van der Waals surface area contributed by atoms with E-state index < -0.39 is 5.97 Å². The number of carbonyl (C=O) groups is 1. The fraction of sp³-hybridized carbons (Fsp3) is 0.400. The molecule has 1 aromatic carbocycles. The summed E-state index contributed by atoms with van der Waals surface area (Å²) in [4.78, 5) is 14.9. The molecule has 0 aliphatic heterocycles. The third kappa shape index (κ3) is 3.23. The lowest BCUT2D eigenvalue weighted by molar-refractivity contribution is -0.137. The van der Waals surface area contributed by atoms with Crippen molar-refractivity contribution in [1.82, 2.24) is 10.1 Å². The van der Waals surface area contributed by atoms with Crippen LogP contribution in [0.25, 0.3) is 0 Å². The normalized spacial score (nSPS) is 11.5. The van der Waals surface area contributed by atoms with Crippen molar-refractivity contribution in [1.29, 1.82) is 0 Å². The zero-order chi connectivity index (χ0) is 14.6. The second kappa shape index (κ2) is 5.86. The van der Waals surface area contributed by atoms with E-state index >= 15 is 0 Å². The molecular weight excluding hydrogens is 256 g/mol. The third-order valence-corrected chi connectivity index (χ3v) is 3.30. The summed E-state index contributed by atoms with van der Waals surface area (Å²) >= 11 is 0. The van der Waals surface area contributed by atoms with Gasteiger partial charge in [0.15, 0.2) is 5.82 Å². The Morgan fingerprint density at radius 1 is 1.30 bits per heavy atom. The fourth-order valence-electron chi connectivity index (χ4n) is 1.99. The van der Waals surface area contributed by atoms with Crippen molar-refractivity contribution in [2.24, 2.45) is 0 Å². The van der Waals surface area contributed by atoms with Gasteiger partial charge in [0.25, 0.3) is 0 Å². The van der Waals surface area contributed by atoms with Crippen LogP contribution in [0.4, 0.5) is 0 Å². The maximum Gasteiger partial charge on any atom is 0.303 e. The molecule has 20 heavy (non-hydrogen) atoms. The first-order chi connectivity index (χ1) is 9.50. The first kappa shape index (κ1) is 14.2. The average Bonchev–Trinajstić information content (AvgIpc) is 2.89. The summed E-state index contributed by atoms with van der Waals surface area (Å²) in [6, 6.07) is 9.98. The molecule has 0 aliphatic rings. The van der Waals surface area contributed by atoms with Gasteiger partial charge in [-0.3, -0.25) is 4.79 Å². The quantitative estimate of drug-likeness (QED) is 0.876. The van der Waals surface area contributed by atoms with Crippen LogP contribution in [0.5, 0.6) is 0 Å². The van der Waals surface area contributed by atoms with Gasteiger partial charge in [-0.1, -0.05) is 35.5 Å². The van der Waals surface area contributed by atoms with Gasteiger partial charge in [-0.05, 0) is 25.8 Å². The van der Waals surface area contributed by atoms with Crippen LogP contribution in [0.15, 0.2) is 34.9 Å². The molecule has 0 bridgehead atoms. The van der Waals surface area contributed by atoms with Gasteiger partial charge >= 0.3 is 5.97 Å². The van der Waals surface area contributed by atoms with E-state index in [9.17, 15) is 4.79 Å². The average molecular weight is 274 g/mol. The highest BCUT2D eigenvalue weighted by atomic mass is 16.5. The summed E-state index contributed by atoms with van der Waals surface area (Å²) in [6.45, 7) is 4.07. The summed E-state index contributed by atoms with van der Waals surface area (Å²) in [5, 5.41) is 12.6. The molecule has 2 aromatic rings. The van der Waals surface area contributed by atoms with Crippen LogP contribution in [-0.4, -0.2) is 21.2 Å². The molecule has 1 heterocycles. The molecule has 0 spiro atoms. The van der Waals surface area contributed by atoms with Crippen molar-refractivity contribution in [2.75, 3.05) is 0 Å². The Labute approximate surface area is 117 Å². The fourth-order valence-corrected chi connectivity index (χ4v) is 1.99. The molecule has 2 rings (SSSR count). The Hall–Kier alpha value is -2.17. The molecule has 0 fully saturated rings. The molecule has 106 valence electrons. The number of aliphatic carboxylic acids is 1. The SMILES string of the molecule is CC(C)(c1ccccc1)c1noc(CCCC(=O)O)n1. The Balaban J connectivity index is 2.10. The molecule has 1 aromatic heterocycles. The van der Waals surface area contributed by atoms with Crippen molar-refractivity contribution >= 4 is 5.97 Å². The highest BCUT2D eigenvalue weighted by molar-refractivity contribution is 5.66. The predicted molar refractivity (Wildman–Crippen MR) is 73.4 cm³/mol. The molecule has 0 saturated heterocycles. The van der Waals surface area contributed by atoms with Gasteiger partial charge in [-0.25, -0.2) is 0 Å². The Morgan fingerprint density at radius 3 is 2.65 bits per heavy atom. The van der Waals surface area contributed by atoms with Gasteiger partial charge in [0, 0.05) is 12.8 Å². The molecular formula is C15H18N2O3. The van der Waals surface area contributed by atoms with Crippen molar-refractivity contribution in [3.05, 3.63) is 47.6 Å². The van der Waals surface area contributed by atoms with Gasteiger partial charge < -0.3 is 9.63 Å². The molecule has 0 aliphatic carbocycles. The van der Waals surface area contributed by atoms with Crippen LogP contribution in [0.2, 0.25) is 0 Å². The number of aryl methyl sites for hydroxylation is 1. The van der Waals surface area contributed by atoms with E-state index in [1.165, 1.54) is 0 Å². The lowest BCUT2D eigenvalue weighted by atomic mass is 9.84. The minimum atomic E-state index is -0.811. The standard InChI is InChI=1S/C15H18N2O3/c1-15(2,11-7-4-3-5-8-11)14-16-12(20-17-14)9-6-10-13(18)19/h3-5,7-8H,6,9-10H2,1-2H3,(H,18,19). The van der Waals surface area contributed by atoms with E-state index in [1.807, 2.05) is 44.2 Å². The summed E-state index contributed by atoms with van der Waals surface area (Å²) in [6.07, 6.45) is 1.10. The van der Waals surface area contributed by atoms with E-state index in [-0.39, 0.29) is 11.8 Å². The van der Waals surface area contributed by atoms with Gasteiger partial charge in [-0.15, -0.1) is 0 Å². The minimum Gasteiger partial charge on any atom is -0.481 e. The highest BCUT2D eigenvalue weighted by Crippen LogP contribution is 2.29. The zero-order valence-electron chi connectivity index (χ0n) is 11.7. The van der Waals surface area contributed by atoms with E-state index in [4.69, 9.17) is 9.63 Å². The maximum absolute atomic E-state index is 10.5. The zero-order valence-corrected chi connectivity index (χ0v) is 11.7. The predicted octanol–water partition coefficient (Wildman–Crippen LogP) is 2.80. The smallest absolute Gasteiger partial charge is 0.303 e. The van der Waals surface area contributed by atoms with Crippen molar-refractivity contribution in [3.63, 3.8) is 0 Å². The Bertz CT molecular complexity index is 576. The first-order valence-corrected chi connectivity index (χ1v) is 6.60. The Morgan fingerprint density at radius 2 is 2.00 bits per heavy atom. The number of hydrogen-bond donors (Lipinski definition) is 1. The number of aromatic nitrogens is 2. The van der Waals surface area contributed by atoms with E-state index in [0.29, 0.717) is 24.6 Å². The monoisotopic (exact) mass is 274 g/mol. The van der Waals surface area contributed by atoms with Gasteiger partial charge in [0.05, 0.1) is 5.41 Å². The molecule has 5 nitrogen and oxygen atoms in total. The summed E-state index contributed by atoms with van der Waals surface area (Å²) in [7, 11) is 0. The lowest BCUT2D eigenvalue weighted by Crippen LogP contribution is -2.20. The van der Waals surface area contributed by atoms with Crippen LogP contribution in [0.3, 0.4) is 0 Å². The first-order valence-electron chi connectivity index (χ1n) is 6.60. The molecule has 5 heteroatoms. The maximum atomic E-state index is 10.5. The number of hydrogen-bond acceptors (Lipinski definition) is 4. The second-order valence-corrected chi connectivity index (χ2v) is 5.25. The highest BCUT2D eigenvalue weighted by Gasteiger charge is 2.28. The molecule has 1 N–H and O–H groups in total. The Kier molecular flexibility index (Phi) is 4.17. The van der Waals surface area contributed by atoms with Crippen LogP contribution in [0, 0.1) is 0 Å². The van der Waals surface area contributed by atoms with Crippen LogP contribution >= 0.6 is 0 Å². The van der Waals surface area contributed by atoms with Crippen LogP contribution in [-0.2, 0) is 16.6 Å². The summed E-state index contributed by atoms with van der Waals surface area (Å²) in [5.41, 5.74) is 0.772. The number of benzene rings is 1. The van der Waals surface area contributed by atoms with E-state index in [1.54, 1.807) is 0 Å². The van der Waals surface area contributed by atoms with E-state index in [0.717, 1.165) is 5.56 Å².